The van der Waals surface area contributed by atoms with Crippen LogP contribution in [-0.2, 0) is 17.6 Å². The summed E-state index contributed by atoms with van der Waals surface area (Å²) in [5.41, 5.74) is 3.30. The number of carbonyl (C=O) groups is 1. The van der Waals surface area contributed by atoms with E-state index in [0.717, 1.165) is 42.0 Å². The largest absolute Gasteiger partial charge is 0.495 e. The third-order valence-electron chi connectivity index (χ3n) is 4.40. The van der Waals surface area contributed by atoms with E-state index in [1.54, 1.807) is 12.0 Å². The van der Waals surface area contributed by atoms with Crippen molar-refractivity contribution in [3.05, 3.63) is 53.6 Å². The van der Waals surface area contributed by atoms with E-state index < -0.39 is 0 Å². The van der Waals surface area contributed by atoms with Crippen molar-refractivity contribution in [2.75, 3.05) is 25.2 Å². The second-order valence-electron chi connectivity index (χ2n) is 5.90. The van der Waals surface area contributed by atoms with Crippen molar-refractivity contribution in [2.24, 2.45) is 0 Å². The lowest BCUT2D eigenvalue weighted by molar-refractivity contribution is -0.120. The predicted octanol–water partition coefficient (Wildman–Crippen LogP) is 3.62. The molecule has 24 heavy (non-hydrogen) atoms. The van der Waals surface area contributed by atoms with E-state index in [2.05, 4.69) is 13.0 Å². The monoisotopic (exact) mass is 325 g/mol. The summed E-state index contributed by atoms with van der Waals surface area (Å²) in [5, 5.41) is 0. The van der Waals surface area contributed by atoms with Gasteiger partial charge >= 0.3 is 0 Å². The third-order valence-corrected chi connectivity index (χ3v) is 4.40. The first-order valence-corrected chi connectivity index (χ1v) is 8.41. The summed E-state index contributed by atoms with van der Waals surface area (Å²) in [5.74, 6) is 1.42. The van der Waals surface area contributed by atoms with Gasteiger partial charge in [-0.1, -0.05) is 31.2 Å². The van der Waals surface area contributed by atoms with Crippen LogP contribution in [0.2, 0.25) is 0 Å². The second kappa shape index (κ2) is 7.39. The lowest BCUT2D eigenvalue weighted by Crippen LogP contribution is -2.38. The summed E-state index contributed by atoms with van der Waals surface area (Å²) < 4.78 is 11.1. The fraction of sp³-hybridized carbons (Fsp3) is 0.350. The third kappa shape index (κ3) is 3.37. The molecule has 2 aromatic carbocycles. The number of ether oxygens (including phenoxy) is 2. The van der Waals surface area contributed by atoms with E-state index in [1.807, 2.05) is 36.4 Å². The summed E-state index contributed by atoms with van der Waals surface area (Å²) in [7, 11) is 1.64. The van der Waals surface area contributed by atoms with Gasteiger partial charge in [-0.05, 0) is 48.6 Å². The number of anilines is 1. The maximum Gasteiger partial charge on any atom is 0.265 e. The van der Waals surface area contributed by atoms with Crippen LogP contribution in [0.4, 0.5) is 5.69 Å². The Labute approximate surface area is 143 Å². The molecule has 126 valence electrons. The molecule has 2 aromatic rings. The zero-order valence-electron chi connectivity index (χ0n) is 14.2. The molecule has 0 aliphatic carbocycles. The van der Waals surface area contributed by atoms with Crippen molar-refractivity contribution >= 4 is 11.6 Å². The van der Waals surface area contributed by atoms with Gasteiger partial charge in [0.05, 0.1) is 12.8 Å². The molecule has 0 bridgehead atoms. The molecule has 0 radical (unpaired) electrons. The van der Waals surface area contributed by atoms with Crippen LogP contribution >= 0.6 is 0 Å². The van der Waals surface area contributed by atoms with Crippen LogP contribution in [-0.4, -0.2) is 26.2 Å². The van der Waals surface area contributed by atoms with E-state index in [0.29, 0.717) is 6.54 Å². The Kier molecular flexibility index (Phi) is 5.04. The van der Waals surface area contributed by atoms with E-state index in [-0.39, 0.29) is 12.5 Å². The quantitative estimate of drug-likeness (QED) is 0.843. The summed E-state index contributed by atoms with van der Waals surface area (Å²) in [6.45, 7) is 2.84. The SMILES string of the molecule is CCc1ccc(OCC(=O)N2CCCc3cccc(OC)c32)cc1. The minimum atomic E-state index is -0.0416. The van der Waals surface area contributed by atoms with E-state index in [1.165, 1.54) is 5.56 Å². The highest BCUT2D eigenvalue weighted by molar-refractivity contribution is 5.97. The van der Waals surface area contributed by atoms with Crippen molar-refractivity contribution in [2.45, 2.75) is 26.2 Å². The first kappa shape index (κ1) is 16.4. The average Bonchev–Trinajstić information content (AvgIpc) is 2.65. The Hall–Kier alpha value is -2.49. The Morgan fingerprint density at radius 1 is 1.17 bits per heavy atom. The number of amides is 1. The van der Waals surface area contributed by atoms with Gasteiger partial charge in [0.1, 0.15) is 11.5 Å². The highest BCUT2D eigenvalue weighted by atomic mass is 16.5. The fourth-order valence-electron chi connectivity index (χ4n) is 3.07. The van der Waals surface area contributed by atoms with Gasteiger partial charge in [-0.3, -0.25) is 4.79 Å². The number of fused-ring (bicyclic) bond motifs is 1. The zero-order valence-corrected chi connectivity index (χ0v) is 14.2. The van der Waals surface area contributed by atoms with Crippen LogP contribution in [0.1, 0.15) is 24.5 Å². The maximum absolute atomic E-state index is 12.7. The maximum atomic E-state index is 12.7. The van der Waals surface area contributed by atoms with Crippen LogP contribution in [0.5, 0.6) is 11.5 Å². The normalized spacial score (nSPS) is 13.3. The Morgan fingerprint density at radius 2 is 1.96 bits per heavy atom. The lowest BCUT2D eigenvalue weighted by Gasteiger charge is -2.30. The summed E-state index contributed by atoms with van der Waals surface area (Å²) in [6, 6.07) is 13.8. The smallest absolute Gasteiger partial charge is 0.265 e. The molecule has 0 saturated heterocycles. The molecular formula is C20H23NO3. The van der Waals surface area contributed by atoms with Crippen LogP contribution in [0.3, 0.4) is 0 Å². The molecule has 0 spiro atoms. The van der Waals surface area contributed by atoms with Crippen molar-refractivity contribution in [1.82, 2.24) is 0 Å². The molecule has 0 N–H and O–H groups in total. The lowest BCUT2D eigenvalue weighted by atomic mass is 10.0. The van der Waals surface area contributed by atoms with E-state index in [9.17, 15) is 4.79 Å². The Bertz CT molecular complexity index is 695. The number of rotatable bonds is 5. The topological polar surface area (TPSA) is 38.8 Å². The number of hydrogen-bond acceptors (Lipinski definition) is 3. The van der Waals surface area contributed by atoms with Gasteiger partial charge < -0.3 is 14.4 Å². The molecule has 1 aliphatic heterocycles. The molecule has 0 fully saturated rings. The molecule has 1 aliphatic rings. The number of hydrogen-bond donors (Lipinski definition) is 0. The number of aryl methyl sites for hydroxylation is 2. The number of nitrogens with zero attached hydrogens (tertiary/aromatic N) is 1. The van der Waals surface area contributed by atoms with E-state index >= 15 is 0 Å². The molecule has 4 heteroatoms. The minimum Gasteiger partial charge on any atom is -0.495 e. The molecule has 4 nitrogen and oxygen atoms in total. The molecule has 0 atom stereocenters. The molecule has 0 aromatic heterocycles. The Morgan fingerprint density at radius 3 is 2.67 bits per heavy atom. The molecule has 0 unspecified atom stereocenters. The van der Waals surface area contributed by atoms with Gasteiger partial charge in [0.25, 0.3) is 5.91 Å². The van der Waals surface area contributed by atoms with Gasteiger partial charge in [-0.15, -0.1) is 0 Å². The average molecular weight is 325 g/mol. The fourth-order valence-corrected chi connectivity index (χ4v) is 3.07. The molecule has 0 saturated carbocycles. The molecule has 1 amide bonds. The standard InChI is InChI=1S/C20H23NO3/c1-3-15-9-11-17(12-10-15)24-14-19(22)21-13-5-7-16-6-4-8-18(23-2)20(16)21/h4,6,8-12H,3,5,7,13-14H2,1-2H3. The first-order chi connectivity index (χ1) is 11.7. The van der Waals surface area contributed by atoms with Crippen LogP contribution < -0.4 is 14.4 Å². The zero-order chi connectivity index (χ0) is 16.9. The first-order valence-electron chi connectivity index (χ1n) is 8.41. The number of methoxy groups -OCH3 is 1. The minimum absolute atomic E-state index is 0.0307. The van der Waals surface area contributed by atoms with Crippen molar-refractivity contribution < 1.29 is 14.3 Å². The van der Waals surface area contributed by atoms with Crippen molar-refractivity contribution in [3.63, 3.8) is 0 Å². The van der Waals surface area contributed by atoms with Gasteiger partial charge in [-0.2, -0.15) is 0 Å². The second-order valence-corrected chi connectivity index (χ2v) is 5.90. The molecular weight excluding hydrogens is 302 g/mol. The van der Waals surface area contributed by atoms with Gasteiger partial charge in [0.2, 0.25) is 0 Å². The number of carbonyl (C=O) groups excluding carboxylic acids is 1. The van der Waals surface area contributed by atoms with Crippen molar-refractivity contribution in [1.29, 1.82) is 0 Å². The molecule has 1 heterocycles. The van der Waals surface area contributed by atoms with Crippen LogP contribution in [0, 0.1) is 0 Å². The summed E-state index contributed by atoms with van der Waals surface area (Å²) in [4.78, 5) is 14.5. The summed E-state index contributed by atoms with van der Waals surface area (Å²) >= 11 is 0. The predicted molar refractivity (Wildman–Crippen MR) is 95.0 cm³/mol. The van der Waals surface area contributed by atoms with Crippen LogP contribution in [0.15, 0.2) is 42.5 Å². The van der Waals surface area contributed by atoms with E-state index in [4.69, 9.17) is 9.47 Å². The van der Waals surface area contributed by atoms with Crippen LogP contribution in [0.25, 0.3) is 0 Å². The summed E-state index contributed by atoms with van der Waals surface area (Å²) in [6.07, 6.45) is 2.91. The number of para-hydroxylation sites is 1. The van der Waals surface area contributed by atoms with Gasteiger partial charge in [0.15, 0.2) is 6.61 Å². The Balaban J connectivity index is 1.72. The van der Waals surface area contributed by atoms with Gasteiger partial charge in [-0.25, -0.2) is 0 Å². The highest BCUT2D eigenvalue weighted by Crippen LogP contribution is 2.36. The van der Waals surface area contributed by atoms with Gasteiger partial charge in [0, 0.05) is 6.54 Å². The highest BCUT2D eigenvalue weighted by Gasteiger charge is 2.26. The number of benzene rings is 2. The molecule has 3 rings (SSSR count). The van der Waals surface area contributed by atoms with Crippen molar-refractivity contribution in [3.8, 4) is 11.5 Å².